The number of aryl methyl sites for hydroxylation is 2. The SMILES string of the molecule is C#CCN(C)S(=O)(=O)c1ccc2c(c1)CCC2. The van der Waals surface area contributed by atoms with Gasteiger partial charge in [-0.3, -0.25) is 0 Å². The van der Waals surface area contributed by atoms with Crippen LogP contribution in [0.1, 0.15) is 17.5 Å². The minimum Gasteiger partial charge on any atom is -0.207 e. The van der Waals surface area contributed by atoms with E-state index in [4.69, 9.17) is 6.42 Å². The summed E-state index contributed by atoms with van der Waals surface area (Å²) in [6.45, 7) is 0.0966. The summed E-state index contributed by atoms with van der Waals surface area (Å²) in [7, 11) is -1.93. The van der Waals surface area contributed by atoms with E-state index in [1.54, 1.807) is 12.1 Å². The largest absolute Gasteiger partial charge is 0.243 e. The van der Waals surface area contributed by atoms with E-state index in [2.05, 4.69) is 5.92 Å². The molecule has 0 fully saturated rings. The Balaban J connectivity index is 2.38. The van der Waals surface area contributed by atoms with E-state index < -0.39 is 10.0 Å². The molecule has 1 aliphatic rings. The molecule has 0 amide bonds. The van der Waals surface area contributed by atoms with Crippen molar-refractivity contribution in [2.45, 2.75) is 24.2 Å². The number of hydrogen-bond acceptors (Lipinski definition) is 2. The number of benzene rings is 1. The van der Waals surface area contributed by atoms with Gasteiger partial charge in [0.15, 0.2) is 0 Å². The number of hydrogen-bond donors (Lipinski definition) is 0. The number of fused-ring (bicyclic) bond motifs is 1. The second-order valence-electron chi connectivity index (χ2n) is 4.25. The Hall–Kier alpha value is -1.31. The molecule has 3 nitrogen and oxygen atoms in total. The van der Waals surface area contributed by atoms with Gasteiger partial charge in [-0.05, 0) is 42.5 Å². The first-order valence-corrected chi connectivity index (χ1v) is 7.01. The van der Waals surface area contributed by atoms with E-state index in [1.807, 2.05) is 6.07 Å². The van der Waals surface area contributed by atoms with E-state index in [0.29, 0.717) is 4.90 Å². The minimum absolute atomic E-state index is 0.0966. The molecule has 1 aromatic rings. The molecule has 0 atom stereocenters. The number of sulfonamides is 1. The van der Waals surface area contributed by atoms with Crippen molar-refractivity contribution in [2.75, 3.05) is 13.6 Å². The van der Waals surface area contributed by atoms with Gasteiger partial charge in [-0.15, -0.1) is 6.42 Å². The summed E-state index contributed by atoms with van der Waals surface area (Å²) in [6, 6.07) is 5.37. The van der Waals surface area contributed by atoms with E-state index in [-0.39, 0.29) is 6.54 Å². The van der Waals surface area contributed by atoms with Gasteiger partial charge in [-0.2, -0.15) is 4.31 Å². The van der Waals surface area contributed by atoms with Crippen LogP contribution in [0.15, 0.2) is 23.1 Å². The van der Waals surface area contributed by atoms with Crippen molar-refractivity contribution in [3.63, 3.8) is 0 Å². The van der Waals surface area contributed by atoms with Crippen molar-refractivity contribution < 1.29 is 8.42 Å². The van der Waals surface area contributed by atoms with E-state index >= 15 is 0 Å². The maximum absolute atomic E-state index is 12.2. The summed E-state index contributed by atoms with van der Waals surface area (Å²) >= 11 is 0. The minimum atomic E-state index is -3.43. The molecular formula is C13H15NO2S. The highest BCUT2D eigenvalue weighted by atomic mass is 32.2. The second kappa shape index (κ2) is 4.52. The van der Waals surface area contributed by atoms with E-state index in [1.165, 1.54) is 16.9 Å². The Morgan fingerprint density at radius 2 is 2.06 bits per heavy atom. The highest BCUT2D eigenvalue weighted by molar-refractivity contribution is 7.89. The van der Waals surface area contributed by atoms with E-state index in [0.717, 1.165) is 24.8 Å². The Kier molecular flexibility index (Phi) is 3.23. The predicted molar refractivity (Wildman–Crippen MR) is 67.1 cm³/mol. The van der Waals surface area contributed by atoms with Crippen molar-refractivity contribution in [3.05, 3.63) is 29.3 Å². The summed E-state index contributed by atoms with van der Waals surface area (Å²) in [4.78, 5) is 0.343. The summed E-state index contributed by atoms with van der Waals surface area (Å²) in [5.74, 6) is 2.34. The maximum Gasteiger partial charge on any atom is 0.243 e. The summed E-state index contributed by atoms with van der Waals surface area (Å²) in [6.07, 6.45) is 8.27. The highest BCUT2D eigenvalue weighted by Crippen LogP contribution is 2.25. The first-order chi connectivity index (χ1) is 8.05. The molecule has 0 radical (unpaired) electrons. The monoisotopic (exact) mass is 249 g/mol. The zero-order chi connectivity index (χ0) is 12.5. The number of nitrogens with zero attached hydrogens (tertiary/aromatic N) is 1. The van der Waals surface area contributed by atoms with Crippen LogP contribution < -0.4 is 0 Å². The number of rotatable bonds is 3. The molecule has 0 saturated carbocycles. The topological polar surface area (TPSA) is 37.4 Å². The van der Waals surface area contributed by atoms with Crippen molar-refractivity contribution in [1.29, 1.82) is 0 Å². The molecule has 17 heavy (non-hydrogen) atoms. The summed E-state index contributed by atoms with van der Waals surface area (Å²) in [5.41, 5.74) is 2.42. The fourth-order valence-electron chi connectivity index (χ4n) is 2.10. The molecule has 90 valence electrons. The lowest BCUT2D eigenvalue weighted by molar-refractivity contribution is 0.503. The maximum atomic E-state index is 12.2. The third-order valence-electron chi connectivity index (χ3n) is 3.09. The lowest BCUT2D eigenvalue weighted by Crippen LogP contribution is -2.27. The van der Waals surface area contributed by atoms with Crippen LogP contribution in [0, 0.1) is 12.3 Å². The summed E-state index contributed by atoms with van der Waals surface area (Å²) < 4.78 is 25.5. The van der Waals surface area contributed by atoms with Gasteiger partial charge < -0.3 is 0 Å². The van der Waals surface area contributed by atoms with Crippen molar-refractivity contribution in [2.24, 2.45) is 0 Å². The molecule has 1 aromatic carbocycles. The van der Waals surface area contributed by atoms with Gasteiger partial charge in [0.2, 0.25) is 10.0 Å². The average molecular weight is 249 g/mol. The number of terminal acetylenes is 1. The molecule has 0 saturated heterocycles. The molecule has 4 heteroatoms. The average Bonchev–Trinajstić information content (AvgIpc) is 2.76. The quantitative estimate of drug-likeness (QED) is 0.760. The van der Waals surface area contributed by atoms with Crippen LogP contribution in [0.4, 0.5) is 0 Å². The predicted octanol–water partition coefficient (Wildman–Crippen LogP) is 1.43. The van der Waals surface area contributed by atoms with Crippen molar-refractivity contribution in [3.8, 4) is 12.3 Å². The summed E-state index contributed by atoms with van der Waals surface area (Å²) in [5, 5.41) is 0. The molecule has 0 aromatic heterocycles. The van der Waals surface area contributed by atoms with Crippen LogP contribution in [0.2, 0.25) is 0 Å². The van der Waals surface area contributed by atoms with Gasteiger partial charge in [0.1, 0.15) is 0 Å². The molecular weight excluding hydrogens is 234 g/mol. The molecule has 2 rings (SSSR count). The normalized spacial score (nSPS) is 14.6. The fraction of sp³-hybridized carbons (Fsp3) is 0.385. The third-order valence-corrected chi connectivity index (χ3v) is 4.89. The van der Waals surface area contributed by atoms with E-state index in [9.17, 15) is 8.42 Å². The van der Waals surface area contributed by atoms with Crippen LogP contribution in [-0.4, -0.2) is 26.3 Å². The Morgan fingerprint density at radius 1 is 1.35 bits per heavy atom. The molecule has 0 spiro atoms. The Morgan fingerprint density at radius 3 is 2.76 bits per heavy atom. The van der Waals surface area contributed by atoms with Gasteiger partial charge in [0, 0.05) is 7.05 Å². The zero-order valence-electron chi connectivity index (χ0n) is 9.81. The van der Waals surface area contributed by atoms with Gasteiger partial charge in [-0.25, -0.2) is 8.42 Å². The Labute approximate surface area is 103 Å². The lowest BCUT2D eigenvalue weighted by Gasteiger charge is -2.15. The zero-order valence-corrected chi connectivity index (χ0v) is 10.6. The second-order valence-corrected chi connectivity index (χ2v) is 6.29. The standard InChI is InChI=1S/C13H15NO2S/c1-3-9-14(2)17(15,16)13-8-7-11-5-4-6-12(11)10-13/h1,7-8,10H,4-6,9H2,2H3. The van der Waals surface area contributed by atoms with Crippen LogP contribution in [0.5, 0.6) is 0 Å². The molecule has 0 bridgehead atoms. The van der Waals surface area contributed by atoms with Gasteiger partial charge in [0.25, 0.3) is 0 Å². The first-order valence-electron chi connectivity index (χ1n) is 5.57. The van der Waals surface area contributed by atoms with Gasteiger partial charge in [0.05, 0.1) is 11.4 Å². The van der Waals surface area contributed by atoms with Crippen LogP contribution in [-0.2, 0) is 22.9 Å². The molecule has 0 aliphatic heterocycles. The van der Waals surface area contributed by atoms with Crippen LogP contribution >= 0.6 is 0 Å². The van der Waals surface area contributed by atoms with Crippen LogP contribution in [0.25, 0.3) is 0 Å². The highest BCUT2D eigenvalue weighted by Gasteiger charge is 2.22. The third kappa shape index (κ3) is 2.21. The molecule has 0 unspecified atom stereocenters. The molecule has 0 heterocycles. The first kappa shape index (κ1) is 12.2. The smallest absolute Gasteiger partial charge is 0.207 e. The molecule has 0 N–H and O–H groups in total. The van der Waals surface area contributed by atoms with Gasteiger partial charge in [-0.1, -0.05) is 12.0 Å². The molecule has 1 aliphatic carbocycles. The van der Waals surface area contributed by atoms with Crippen molar-refractivity contribution >= 4 is 10.0 Å². The van der Waals surface area contributed by atoms with Crippen molar-refractivity contribution in [1.82, 2.24) is 4.31 Å². The lowest BCUT2D eigenvalue weighted by atomic mass is 10.1. The fourth-order valence-corrected chi connectivity index (χ4v) is 3.24. The van der Waals surface area contributed by atoms with Crippen LogP contribution in [0.3, 0.4) is 0 Å². The Bertz CT molecular complexity index is 570. The van der Waals surface area contributed by atoms with Gasteiger partial charge >= 0.3 is 0 Å².